The van der Waals surface area contributed by atoms with E-state index in [1.54, 1.807) is 43.1 Å². The van der Waals surface area contributed by atoms with Crippen molar-refractivity contribution < 1.29 is 27.5 Å². The third-order valence-corrected chi connectivity index (χ3v) is 7.50. The first-order chi connectivity index (χ1) is 19.2. The summed E-state index contributed by atoms with van der Waals surface area (Å²) in [7, 11) is 5.08. The maximum atomic E-state index is 13.7. The zero-order chi connectivity index (χ0) is 30.5. The van der Waals surface area contributed by atoms with Crippen LogP contribution in [0.25, 0.3) is 0 Å². The van der Waals surface area contributed by atoms with E-state index in [1.165, 1.54) is 6.07 Å². The van der Waals surface area contributed by atoms with E-state index in [-0.39, 0.29) is 30.2 Å². The molecule has 2 aromatic carbocycles. The lowest BCUT2D eigenvalue weighted by molar-refractivity contribution is -0.137. The Hall–Kier alpha value is -2.98. The molecular weight excluding hydrogens is 557 g/mol. The molecule has 1 aliphatic rings. The van der Waals surface area contributed by atoms with Crippen molar-refractivity contribution in [2.75, 3.05) is 58.8 Å². The number of halogens is 4. The zero-order valence-corrected chi connectivity index (χ0v) is 25.3. The second-order valence-electron chi connectivity index (χ2n) is 11.2. The predicted molar refractivity (Wildman–Crippen MR) is 155 cm³/mol. The van der Waals surface area contributed by atoms with Crippen LogP contribution in [0.2, 0.25) is 5.02 Å². The average molecular weight is 597 g/mol. The van der Waals surface area contributed by atoms with Gasteiger partial charge in [0, 0.05) is 42.8 Å². The monoisotopic (exact) mass is 596 g/mol. The first-order valence-corrected chi connectivity index (χ1v) is 14.1. The number of ether oxygens (including phenoxy) is 1. The molecule has 2 amide bonds. The minimum absolute atomic E-state index is 0.00491. The number of nitrogens with zero attached hydrogens (tertiary/aromatic N) is 3. The molecule has 0 radical (unpaired) electrons. The Morgan fingerprint density at radius 3 is 2.27 bits per heavy atom. The molecule has 1 fully saturated rings. The molecular formula is C30H40ClF3N4O3. The number of carbonyl (C=O) groups is 2. The first kappa shape index (κ1) is 32.5. The SMILES string of the molecule is COc1cc(Cl)ccc1CC(C)C(=O)N1CCN(c2ccc(C(F)(F)F)cc2C(NC(=O)CN(C)C)C(C)C)CC1. The summed E-state index contributed by atoms with van der Waals surface area (Å²) in [5.74, 6) is -0.0781. The average Bonchev–Trinajstić information content (AvgIpc) is 2.91. The second kappa shape index (κ2) is 13.8. The molecule has 1 heterocycles. The second-order valence-corrected chi connectivity index (χ2v) is 11.6. The highest BCUT2D eigenvalue weighted by atomic mass is 35.5. The molecule has 7 nitrogen and oxygen atoms in total. The summed E-state index contributed by atoms with van der Waals surface area (Å²) in [4.78, 5) is 31.4. The molecule has 2 unspecified atom stereocenters. The number of hydrogen-bond acceptors (Lipinski definition) is 5. The highest BCUT2D eigenvalue weighted by Gasteiger charge is 2.34. The van der Waals surface area contributed by atoms with E-state index in [4.69, 9.17) is 16.3 Å². The van der Waals surface area contributed by atoms with Crippen LogP contribution in [0, 0.1) is 11.8 Å². The van der Waals surface area contributed by atoms with Gasteiger partial charge < -0.3 is 24.8 Å². The molecule has 41 heavy (non-hydrogen) atoms. The number of methoxy groups -OCH3 is 1. The molecule has 1 saturated heterocycles. The van der Waals surface area contributed by atoms with Crippen LogP contribution in [-0.4, -0.2) is 75.5 Å². The lowest BCUT2D eigenvalue weighted by atomic mass is 9.92. The number of anilines is 1. The maximum Gasteiger partial charge on any atom is 0.416 e. The summed E-state index contributed by atoms with van der Waals surface area (Å²) in [6, 6.07) is 8.45. The number of carbonyl (C=O) groups excluding carboxylic acids is 2. The Bertz CT molecular complexity index is 1210. The number of likely N-dealkylation sites (N-methyl/N-ethyl adjacent to an activating group) is 1. The summed E-state index contributed by atoms with van der Waals surface area (Å²) >= 11 is 6.07. The number of rotatable bonds is 10. The molecule has 1 N–H and O–H groups in total. The van der Waals surface area contributed by atoms with E-state index < -0.39 is 17.8 Å². The summed E-state index contributed by atoms with van der Waals surface area (Å²) in [5, 5.41) is 3.50. The third kappa shape index (κ3) is 8.52. The fourth-order valence-corrected chi connectivity index (χ4v) is 5.32. The lowest BCUT2D eigenvalue weighted by Gasteiger charge is -2.39. The number of alkyl halides is 3. The highest BCUT2D eigenvalue weighted by molar-refractivity contribution is 6.30. The first-order valence-electron chi connectivity index (χ1n) is 13.7. The van der Waals surface area contributed by atoms with Crippen LogP contribution in [0.3, 0.4) is 0 Å². The summed E-state index contributed by atoms with van der Waals surface area (Å²) in [6.45, 7) is 7.52. The van der Waals surface area contributed by atoms with Crippen molar-refractivity contribution in [1.29, 1.82) is 0 Å². The molecule has 2 atom stereocenters. The van der Waals surface area contributed by atoms with Crippen molar-refractivity contribution in [3.8, 4) is 5.75 Å². The van der Waals surface area contributed by atoms with E-state index in [9.17, 15) is 22.8 Å². The van der Waals surface area contributed by atoms with Gasteiger partial charge in [-0.25, -0.2) is 0 Å². The van der Waals surface area contributed by atoms with Gasteiger partial charge in [0.25, 0.3) is 0 Å². The van der Waals surface area contributed by atoms with Crippen LogP contribution in [0.1, 0.15) is 43.5 Å². The molecule has 0 aromatic heterocycles. The number of benzene rings is 2. The normalized spacial score (nSPS) is 15.7. The number of amides is 2. The standard InChI is InChI=1S/C30H40ClF3N4O3/c1-19(2)28(35-27(39)18-36(4)5)24-16-22(30(32,33)34)8-10-25(24)37-11-13-38(14-12-37)29(40)20(3)15-21-7-9-23(31)17-26(21)41-6/h7-10,16-17,19-20,28H,11-15,18H2,1-6H3,(H,35,39). The fraction of sp³-hybridized carbons (Fsp3) is 0.533. The van der Waals surface area contributed by atoms with E-state index in [0.29, 0.717) is 54.6 Å². The van der Waals surface area contributed by atoms with Gasteiger partial charge in [-0.3, -0.25) is 9.59 Å². The summed E-state index contributed by atoms with van der Waals surface area (Å²) in [6.07, 6.45) is -4.03. The summed E-state index contributed by atoms with van der Waals surface area (Å²) < 4.78 is 46.6. The van der Waals surface area contributed by atoms with Gasteiger partial charge in [-0.1, -0.05) is 38.4 Å². The minimum atomic E-state index is -4.52. The van der Waals surface area contributed by atoms with Crippen LogP contribution < -0.4 is 15.0 Å². The molecule has 0 aliphatic carbocycles. The Morgan fingerprint density at radius 1 is 1.05 bits per heavy atom. The van der Waals surface area contributed by atoms with Crippen LogP contribution in [-0.2, 0) is 22.2 Å². The highest BCUT2D eigenvalue weighted by Crippen LogP contribution is 2.38. The fourth-order valence-electron chi connectivity index (χ4n) is 5.16. The Kier molecular flexibility index (Phi) is 10.9. The van der Waals surface area contributed by atoms with Crippen LogP contribution >= 0.6 is 11.6 Å². The maximum absolute atomic E-state index is 13.7. The van der Waals surface area contributed by atoms with Gasteiger partial charge in [0.05, 0.1) is 25.3 Å². The quantitative estimate of drug-likeness (QED) is 0.405. The van der Waals surface area contributed by atoms with Gasteiger partial charge in [-0.05, 0) is 67.9 Å². The molecule has 226 valence electrons. The van der Waals surface area contributed by atoms with Gasteiger partial charge >= 0.3 is 6.18 Å². The Labute approximate surface area is 245 Å². The van der Waals surface area contributed by atoms with Gasteiger partial charge in [0.2, 0.25) is 11.8 Å². The Morgan fingerprint density at radius 2 is 1.71 bits per heavy atom. The summed E-state index contributed by atoms with van der Waals surface area (Å²) in [5.41, 5.74) is 1.18. The predicted octanol–water partition coefficient (Wildman–Crippen LogP) is 5.27. The number of hydrogen-bond donors (Lipinski definition) is 1. The van der Waals surface area contributed by atoms with E-state index in [2.05, 4.69) is 5.32 Å². The van der Waals surface area contributed by atoms with E-state index in [0.717, 1.165) is 17.7 Å². The van der Waals surface area contributed by atoms with E-state index >= 15 is 0 Å². The van der Waals surface area contributed by atoms with Gasteiger partial charge in [0.1, 0.15) is 5.75 Å². The van der Waals surface area contributed by atoms with Crippen molar-refractivity contribution in [2.24, 2.45) is 11.8 Å². The molecule has 0 bridgehead atoms. The zero-order valence-electron chi connectivity index (χ0n) is 24.5. The molecule has 1 aliphatic heterocycles. The van der Waals surface area contributed by atoms with Crippen LogP contribution in [0.5, 0.6) is 5.75 Å². The van der Waals surface area contributed by atoms with Gasteiger partial charge in [-0.15, -0.1) is 0 Å². The van der Waals surface area contributed by atoms with Crippen molar-refractivity contribution in [1.82, 2.24) is 15.1 Å². The van der Waals surface area contributed by atoms with Gasteiger partial charge in [-0.2, -0.15) is 13.2 Å². The van der Waals surface area contributed by atoms with Crippen molar-refractivity contribution in [3.63, 3.8) is 0 Å². The van der Waals surface area contributed by atoms with Crippen molar-refractivity contribution in [3.05, 3.63) is 58.1 Å². The molecule has 0 spiro atoms. The van der Waals surface area contributed by atoms with Crippen molar-refractivity contribution >= 4 is 29.1 Å². The molecule has 2 aromatic rings. The van der Waals surface area contributed by atoms with Crippen LogP contribution in [0.4, 0.5) is 18.9 Å². The topological polar surface area (TPSA) is 65.1 Å². The molecule has 3 rings (SSSR count). The van der Waals surface area contributed by atoms with Crippen LogP contribution in [0.15, 0.2) is 36.4 Å². The minimum Gasteiger partial charge on any atom is -0.496 e. The third-order valence-electron chi connectivity index (χ3n) is 7.26. The lowest BCUT2D eigenvalue weighted by Crippen LogP contribution is -2.50. The van der Waals surface area contributed by atoms with Gasteiger partial charge in [0.15, 0.2) is 0 Å². The largest absolute Gasteiger partial charge is 0.496 e. The van der Waals surface area contributed by atoms with E-state index in [1.807, 2.05) is 31.7 Å². The molecule has 0 saturated carbocycles. The molecule has 11 heteroatoms. The smallest absolute Gasteiger partial charge is 0.416 e. The number of nitrogens with one attached hydrogen (secondary N) is 1. The number of piperazine rings is 1. The van der Waals surface area contributed by atoms with Crippen molar-refractivity contribution in [2.45, 2.75) is 39.4 Å². The Balaban J connectivity index is 1.79.